The van der Waals surface area contributed by atoms with Crippen molar-refractivity contribution in [1.29, 1.82) is 0 Å². The molecule has 1 heterocycles. The van der Waals surface area contributed by atoms with Crippen LogP contribution < -0.4 is 10.9 Å². The molecule has 130 valence electrons. The number of halogens is 3. The third-order valence-electron chi connectivity index (χ3n) is 4.02. The molecule has 2 rings (SSSR count). The van der Waals surface area contributed by atoms with Crippen LogP contribution in [0.2, 0.25) is 5.15 Å². The van der Waals surface area contributed by atoms with E-state index in [9.17, 15) is 4.79 Å². The Morgan fingerprint density at radius 1 is 1.29 bits per heavy atom. The van der Waals surface area contributed by atoms with E-state index in [1.807, 2.05) is 25.1 Å². The predicted molar refractivity (Wildman–Crippen MR) is 107 cm³/mol. The Morgan fingerprint density at radius 2 is 1.96 bits per heavy atom. The standard InChI is InChI=1S/C17H20Br2ClN3O/c1-4-12(5-2)23-9-15(20)22-16(17(23)24)21-10(3)13-7-6-11(18)8-14(13)19/h6-10,12H,4-5H2,1-3H3,(H,21,22). The molecule has 1 aromatic carbocycles. The quantitative estimate of drug-likeness (QED) is 0.559. The van der Waals surface area contributed by atoms with Crippen LogP contribution >= 0.6 is 43.5 Å². The fourth-order valence-electron chi connectivity index (χ4n) is 2.66. The zero-order valence-electron chi connectivity index (χ0n) is 13.8. The van der Waals surface area contributed by atoms with Crippen LogP contribution in [-0.4, -0.2) is 9.55 Å². The van der Waals surface area contributed by atoms with Crippen LogP contribution in [-0.2, 0) is 0 Å². The van der Waals surface area contributed by atoms with Crippen LogP contribution in [0.15, 0.2) is 38.1 Å². The van der Waals surface area contributed by atoms with E-state index in [2.05, 4.69) is 56.0 Å². The zero-order valence-corrected chi connectivity index (χ0v) is 17.7. The van der Waals surface area contributed by atoms with Gasteiger partial charge in [-0.2, -0.15) is 0 Å². The van der Waals surface area contributed by atoms with Crippen LogP contribution in [0.5, 0.6) is 0 Å². The molecule has 0 aliphatic carbocycles. The summed E-state index contributed by atoms with van der Waals surface area (Å²) < 4.78 is 3.63. The second-order valence-corrected chi connectivity index (χ2v) is 7.78. The molecule has 24 heavy (non-hydrogen) atoms. The van der Waals surface area contributed by atoms with Gasteiger partial charge in [-0.25, -0.2) is 4.98 Å². The smallest absolute Gasteiger partial charge is 0.293 e. The summed E-state index contributed by atoms with van der Waals surface area (Å²) in [5.41, 5.74) is 0.890. The number of anilines is 1. The third-order valence-corrected chi connectivity index (χ3v) is 5.38. The molecule has 0 amide bonds. The van der Waals surface area contributed by atoms with Crippen LogP contribution in [0.25, 0.3) is 0 Å². The van der Waals surface area contributed by atoms with Crippen LogP contribution in [0.4, 0.5) is 5.82 Å². The van der Waals surface area contributed by atoms with E-state index in [4.69, 9.17) is 11.6 Å². The van der Waals surface area contributed by atoms with Gasteiger partial charge in [-0.15, -0.1) is 0 Å². The monoisotopic (exact) mass is 475 g/mol. The largest absolute Gasteiger partial charge is 0.359 e. The molecule has 4 nitrogen and oxygen atoms in total. The molecule has 0 saturated carbocycles. The first-order chi connectivity index (χ1) is 11.4. The van der Waals surface area contributed by atoms with Crippen molar-refractivity contribution in [2.45, 2.75) is 45.7 Å². The minimum absolute atomic E-state index is 0.0960. The minimum atomic E-state index is -0.145. The summed E-state index contributed by atoms with van der Waals surface area (Å²) in [6.07, 6.45) is 3.35. The molecule has 0 aliphatic heterocycles. The lowest BCUT2D eigenvalue weighted by molar-refractivity contribution is 0.457. The van der Waals surface area contributed by atoms with Crippen molar-refractivity contribution in [2.75, 3.05) is 5.32 Å². The van der Waals surface area contributed by atoms with E-state index in [0.717, 1.165) is 27.4 Å². The Labute approximate surface area is 163 Å². The molecule has 0 radical (unpaired) electrons. The van der Waals surface area contributed by atoms with Gasteiger partial charge in [0, 0.05) is 21.2 Å². The Balaban J connectivity index is 2.37. The molecule has 2 aromatic rings. The Hall–Kier alpha value is -0.850. The minimum Gasteiger partial charge on any atom is -0.359 e. The van der Waals surface area contributed by atoms with Gasteiger partial charge in [-0.1, -0.05) is 63.4 Å². The van der Waals surface area contributed by atoms with Crippen molar-refractivity contribution in [3.8, 4) is 0 Å². The van der Waals surface area contributed by atoms with E-state index in [1.165, 1.54) is 0 Å². The maximum Gasteiger partial charge on any atom is 0.293 e. The van der Waals surface area contributed by atoms with Crippen molar-refractivity contribution in [2.24, 2.45) is 0 Å². The highest BCUT2D eigenvalue weighted by Crippen LogP contribution is 2.28. The summed E-state index contributed by atoms with van der Waals surface area (Å²) in [7, 11) is 0. The molecule has 0 saturated heterocycles. The van der Waals surface area contributed by atoms with Crippen molar-refractivity contribution in [3.05, 3.63) is 54.4 Å². The molecular weight excluding hydrogens is 457 g/mol. The van der Waals surface area contributed by atoms with Crippen molar-refractivity contribution in [3.63, 3.8) is 0 Å². The van der Waals surface area contributed by atoms with E-state index in [-0.39, 0.29) is 23.5 Å². The molecule has 0 spiro atoms. The molecule has 1 unspecified atom stereocenters. The number of aromatic nitrogens is 2. The molecule has 1 atom stereocenters. The zero-order chi connectivity index (χ0) is 17.9. The lowest BCUT2D eigenvalue weighted by atomic mass is 10.1. The second-order valence-electron chi connectivity index (χ2n) is 5.63. The number of hydrogen-bond donors (Lipinski definition) is 1. The fourth-order valence-corrected chi connectivity index (χ4v) is 4.24. The van der Waals surface area contributed by atoms with Gasteiger partial charge in [0.05, 0.1) is 6.04 Å². The lowest BCUT2D eigenvalue weighted by Gasteiger charge is -2.20. The lowest BCUT2D eigenvalue weighted by Crippen LogP contribution is -2.28. The van der Waals surface area contributed by atoms with E-state index >= 15 is 0 Å². The van der Waals surface area contributed by atoms with Gasteiger partial charge >= 0.3 is 0 Å². The van der Waals surface area contributed by atoms with E-state index < -0.39 is 0 Å². The number of nitrogens with one attached hydrogen (secondary N) is 1. The summed E-state index contributed by atoms with van der Waals surface area (Å²) in [5.74, 6) is 0.275. The molecule has 0 aliphatic rings. The predicted octanol–water partition coefficient (Wildman–Crippen LogP) is 5.96. The Bertz CT molecular complexity index is 775. The maximum absolute atomic E-state index is 12.7. The van der Waals surface area contributed by atoms with Gasteiger partial charge < -0.3 is 9.88 Å². The highest BCUT2D eigenvalue weighted by Gasteiger charge is 2.17. The van der Waals surface area contributed by atoms with Gasteiger partial charge in [0.25, 0.3) is 5.56 Å². The Kier molecular flexibility index (Phi) is 6.89. The van der Waals surface area contributed by atoms with E-state index in [1.54, 1.807) is 10.8 Å². The molecule has 1 N–H and O–H groups in total. The average molecular weight is 478 g/mol. The topological polar surface area (TPSA) is 46.9 Å². The fraction of sp³-hybridized carbons (Fsp3) is 0.412. The summed E-state index contributed by atoms with van der Waals surface area (Å²) in [6, 6.07) is 5.96. The Morgan fingerprint density at radius 3 is 2.54 bits per heavy atom. The summed E-state index contributed by atoms with van der Waals surface area (Å²) in [6.45, 7) is 6.10. The van der Waals surface area contributed by atoms with Crippen molar-refractivity contribution in [1.82, 2.24) is 9.55 Å². The first-order valence-electron chi connectivity index (χ1n) is 7.87. The highest BCUT2D eigenvalue weighted by atomic mass is 79.9. The number of rotatable bonds is 6. The van der Waals surface area contributed by atoms with Gasteiger partial charge in [0.1, 0.15) is 5.15 Å². The molecule has 7 heteroatoms. The van der Waals surface area contributed by atoms with Gasteiger partial charge in [0.15, 0.2) is 5.82 Å². The summed E-state index contributed by atoms with van der Waals surface area (Å²) >= 11 is 13.1. The number of benzene rings is 1. The number of nitrogens with zero attached hydrogens (tertiary/aromatic N) is 2. The van der Waals surface area contributed by atoms with Gasteiger partial charge in [0.2, 0.25) is 0 Å². The normalized spacial score (nSPS) is 12.5. The highest BCUT2D eigenvalue weighted by molar-refractivity contribution is 9.11. The van der Waals surface area contributed by atoms with Crippen LogP contribution in [0.1, 0.15) is 51.3 Å². The van der Waals surface area contributed by atoms with Crippen LogP contribution in [0.3, 0.4) is 0 Å². The summed E-state index contributed by atoms with van der Waals surface area (Å²) in [5, 5.41) is 3.51. The molecule has 0 bridgehead atoms. The molecular formula is C17H20Br2ClN3O. The average Bonchev–Trinajstić information content (AvgIpc) is 2.52. The second kappa shape index (κ2) is 8.50. The number of hydrogen-bond acceptors (Lipinski definition) is 3. The first-order valence-corrected chi connectivity index (χ1v) is 9.83. The van der Waals surface area contributed by atoms with Gasteiger partial charge in [-0.05, 0) is 37.5 Å². The van der Waals surface area contributed by atoms with Gasteiger partial charge in [-0.3, -0.25) is 4.79 Å². The molecule has 1 aromatic heterocycles. The van der Waals surface area contributed by atoms with Crippen molar-refractivity contribution >= 4 is 49.3 Å². The summed E-state index contributed by atoms with van der Waals surface area (Å²) in [4.78, 5) is 16.9. The van der Waals surface area contributed by atoms with E-state index in [0.29, 0.717) is 5.15 Å². The maximum atomic E-state index is 12.7. The van der Waals surface area contributed by atoms with Crippen molar-refractivity contribution < 1.29 is 0 Å². The third kappa shape index (κ3) is 4.41. The first kappa shape index (κ1) is 19.5. The molecule has 0 fully saturated rings. The van der Waals surface area contributed by atoms with Crippen LogP contribution in [0, 0.1) is 0 Å². The SMILES string of the molecule is CCC(CC)n1cc(Cl)nc(NC(C)c2ccc(Br)cc2Br)c1=O.